The summed E-state index contributed by atoms with van der Waals surface area (Å²) in [5, 5.41) is 9.36. The summed E-state index contributed by atoms with van der Waals surface area (Å²) in [6, 6.07) is 15.4. The Balaban J connectivity index is 0.00000361. The van der Waals surface area contributed by atoms with Crippen molar-refractivity contribution in [2.45, 2.75) is 6.42 Å². The molecule has 1 saturated heterocycles. The van der Waals surface area contributed by atoms with Crippen LogP contribution < -0.4 is 26.6 Å². The highest BCUT2D eigenvalue weighted by atomic mass is 35.5. The second-order valence-corrected chi connectivity index (χ2v) is 8.69. The Bertz CT molecular complexity index is 1140. The summed E-state index contributed by atoms with van der Waals surface area (Å²) in [5.41, 5.74) is 8.79. The summed E-state index contributed by atoms with van der Waals surface area (Å²) in [5.74, 6) is 0.605. The molecule has 1 amide bonds. The van der Waals surface area contributed by atoms with Crippen LogP contribution in [0.4, 0.5) is 28.8 Å². The molecule has 0 spiro atoms. The largest absolute Gasteiger partial charge is 0.369 e. The molecular formula is C25H32Cl2N8O. The van der Waals surface area contributed by atoms with Gasteiger partial charge in [0.1, 0.15) is 5.02 Å². The Morgan fingerprint density at radius 1 is 1.06 bits per heavy atom. The highest BCUT2D eigenvalue weighted by Crippen LogP contribution is 2.27. The van der Waals surface area contributed by atoms with E-state index in [9.17, 15) is 4.79 Å². The number of aromatic nitrogens is 2. The minimum absolute atomic E-state index is 0. The van der Waals surface area contributed by atoms with Crippen LogP contribution in [0.3, 0.4) is 0 Å². The van der Waals surface area contributed by atoms with Gasteiger partial charge in [-0.15, -0.1) is 12.4 Å². The predicted octanol–water partition coefficient (Wildman–Crippen LogP) is 3.87. The average Bonchev–Trinajstić information content (AvgIpc) is 2.90. The van der Waals surface area contributed by atoms with Gasteiger partial charge in [-0.3, -0.25) is 9.69 Å². The number of benzene rings is 2. The van der Waals surface area contributed by atoms with Crippen LogP contribution in [0.15, 0.2) is 54.7 Å². The van der Waals surface area contributed by atoms with Gasteiger partial charge in [0.15, 0.2) is 5.82 Å². The smallest absolute Gasteiger partial charge is 0.253 e. The Morgan fingerprint density at radius 2 is 1.78 bits per heavy atom. The van der Waals surface area contributed by atoms with Crippen LogP contribution in [0, 0.1) is 0 Å². The number of hydrogen-bond acceptors (Lipinski definition) is 8. The van der Waals surface area contributed by atoms with Crippen LogP contribution in [-0.4, -0.2) is 67.1 Å². The molecule has 1 aromatic heterocycles. The van der Waals surface area contributed by atoms with Crippen LogP contribution >= 0.6 is 24.0 Å². The van der Waals surface area contributed by atoms with E-state index < -0.39 is 0 Å². The first-order chi connectivity index (χ1) is 17.1. The minimum atomic E-state index is -0.200. The van der Waals surface area contributed by atoms with Gasteiger partial charge in [-0.2, -0.15) is 4.98 Å². The number of anilines is 5. The second kappa shape index (κ2) is 13.3. The topological polar surface area (TPSA) is 111 Å². The molecular weight excluding hydrogens is 499 g/mol. The molecule has 1 fully saturated rings. The van der Waals surface area contributed by atoms with Crippen molar-refractivity contribution in [1.82, 2.24) is 20.2 Å². The fourth-order valence-corrected chi connectivity index (χ4v) is 4.13. The third-order valence-electron chi connectivity index (χ3n) is 5.94. The van der Waals surface area contributed by atoms with Gasteiger partial charge in [0, 0.05) is 44.6 Å². The van der Waals surface area contributed by atoms with E-state index >= 15 is 0 Å². The number of carbonyl (C=O) groups is 1. The molecule has 0 atom stereocenters. The summed E-state index contributed by atoms with van der Waals surface area (Å²) >= 11 is 6.33. The van der Waals surface area contributed by atoms with Crippen LogP contribution in [0.25, 0.3) is 0 Å². The summed E-state index contributed by atoms with van der Waals surface area (Å²) in [7, 11) is 1.59. The summed E-state index contributed by atoms with van der Waals surface area (Å²) < 4.78 is 0. The summed E-state index contributed by atoms with van der Waals surface area (Å²) in [6.45, 7) is 5.93. The second-order valence-electron chi connectivity index (χ2n) is 8.28. The lowest BCUT2D eigenvalue weighted by molar-refractivity contribution is 0.0964. The Morgan fingerprint density at radius 3 is 2.47 bits per heavy atom. The number of rotatable bonds is 9. The number of hydrogen-bond donors (Lipinski definition) is 4. The third kappa shape index (κ3) is 6.98. The van der Waals surface area contributed by atoms with Gasteiger partial charge in [-0.05, 0) is 55.9 Å². The molecule has 0 bridgehead atoms. The van der Waals surface area contributed by atoms with Crippen molar-refractivity contribution < 1.29 is 4.79 Å². The SMILES string of the molecule is CNC(=O)c1ccccc1Nc1nc(Nc2ccc(N3CCN(CCCN)CC3)cc2)ncc1Cl.Cl. The molecule has 2 aromatic carbocycles. The van der Waals surface area contributed by atoms with Crippen LogP contribution in [0.2, 0.25) is 5.02 Å². The maximum atomic E-state index is 12.2. The monoisotopic (exact) mass is 530 g/mol. The quantitative estimate of drug-likeness (QED) is 0.330. The summed E-state index contributed by atoms with van der Waals surface area (Å²) in [6.07, 6.45) is 2.57. The number of nitrogens with two attached hydrogens (primary N) is 1. The van der Waals surface area contributed by atoms with Gasteiger partial charge >= 0.3 is 0 Å². The van der Waals surface area contributed by atoms with Gasteiger partial charge < -0.3 is 26.6 Å². The van der Waals surface area contributed by atoms with Crippen LogP contribution in [-0.2, 0) is 0 Å². The molecule has 36 heavy (non-hydrogen) atoms. The van der Waals surface area contributed by atoms with E-state index in [2.05, 4.69) is 47.9 Å². The van der Waals surface area contributed by atoms with Crippen molar-refractivity contribution >= 4 is 58.7 Å². The molecule has 192 valence electrons. The van der Waals surface area contributed by atoms with E-state index in [-0.39, 0.29) is 18.3 Å². The highest BCUT2D eigenvalue weighted by Gasteiger charge is 2.17. The number of nitrogens with one attached hydrogen (secondary N) is 3. The maximum absolute atomic E-state index is 12.2. The molecule has 0 aliphatic carbocycles. The molecule has 2 heterocycles. The predicted molar refractivity (Wildman–Crippen MR) is 149 cm³/mol. The van der Waals surface area contributed by atoms with Crippen molar-refractivity contribution in [2.24, 2.45) is 5.73 Å². The number of nitrogens with zero attached hydrogens (tertiary/aromatic N) is 4. The fourth-order valence-electron chi connectivity index (χ4n) is 4.00. The molecule has 4 rings (SSSR count). The number of carbonyl (C=O) groups excluding carboxylic acids is 1. The van der Waals surface area contributed by atoms with E-state index in [4.69, 9.17) is 17.3 Å². The van der Waals surface area contributed by atoms with E-state index in [0.29, 0.717) is 28.0 Å². The third-order valence-corrected chi connectivity index (χ3v) is 6.21. The highest BCUT2D eigenvalue weighted by molar-refractivity contribution is 6.33. The maximum Gasteiger partial charge on any atom is 0.253 e. The first-order valence-electron chi connectivity index (χ1n) is 11.7. The lowest BCUT2D eigenvalue weighted by Crippen LogP contribution is -2.46. The zero-order chi connectivity index (χ0) is 24.6. The van der Waals surface area contributed by atoms with Crippen molar-refractivity contribution in [3.8, 4) is 0 Å². The van der Waals surface area contributed by atoms with Crippen molar-refractivity contribution in [2.75, 3.05) is 61.8 Å². The molecule has 0 radical (unpaired) electrons. The zero-order valence-corrected chi connectivity index (χ0v) is 21.8. The molecule has 0 saturated carbocycles. The lowest BCUT2D eigenvalue weighted by atomic mass is 10.1. The van der Waals surface area contributed by atoms with Gasteiger partial charge in [-0.1, -0.05) is 23.7 Å². The number of amides is 1. The van der Waals surface area contributed by atoms with Crippen molar-refractivity contribution in [1.29, 1.82) is 0 Å². The van der Waals surface area contributed by atoms with E-state index in [1.807, 2.05) is 18.2 Å². The van der Waals surface area contributed by atoms with Gasteiger partial charge in [0.25, 0.3) is 5.91 Å². The molecule has 1 aliphatic heterocycles. The molecule has 9 nitrogen and oxygen atoms in total. The Hall–Kier alpha value is -3.11. The van der Waals surface area contributed by atoms with Crippen molar-refractivity contribution in [3.05, 3.63) is 65.3 Å². The Kier molecular flexibility index (Phi) is 10.1. The van der Waals surface area contributed by atoms with E-state index in [1.165, 1.54) is 11.9 Å². The Labute approximate surface area is 222 Å². The van der Waals surface area contributed by atoms with Gasteiger partial charge in [0.05, 0.1) is 17.4 Å². The van der Waals surface area contributed by atoms with E-state index in [1.54, 1.807) is 25.2 Å². The number of halogens is 2. The number of piperazine rings is 1. The molecule has 0 unspecified atom stereocenters. The first-order valence-corrected chi connectivity index (χ1v) is 12.1. The standard InChI is InChI=1S/C25H31ClN8O.ClH/c1-28-24(35)20-5-2-3-6-22(20)31-23-21(26)17-29-25(32-23)30-18-7-9-19(10-8-18)34-15-13-33(14-16-34)12-4-11-27;/h2-3,5-10,17H,4,11-16,27H2,1H3,(H,28,35)(H2,29,30,31,32);1H. The first kappa shape index (κ1) is 27.5. The fraction of sp³-hybridized carbons (Fsp3) is 0.320. The van der Waals surface area contributed by atoms with Crippen LogP contribution in [0.1, 0.15) is 16.8 Å². The van der Waals surface area contributed by atoms with Crippen molar-refractivity contribution in [3.63, 3.8) is 0 Å². The normalized spacial score (nSPS) is 13.6. The molecule has 1 aliphatic rings. The van der Waals surface area contributed by atoms with Crippen LogP contribution in [0.5, 0.6) is 0 Å². The molecule has 3 aromatic rings. The zero-order valence-electron chi connectivity index (χ0n) is 20.2. The average molecular weight is 531 g/mol. The number of para-hydroxylation sites is 1. The van der Waals surface area contributed by atoms with Gasteiger partial charge in [-0.25, -0.2) is 4.98 Å². The molecule has 11 heteroatoms. The van der Waals surface area contributed by atoms with E-state index in [0.717, 1.165) is 51.4 Å². The van der Waals surface area contributed by atoms with Gasteiger partial charge in [0.2, 0.25) is 5.95 Å². The molecule has 5 N–H and O–H groups in total. The lowest BCUT2D eigenvalue weighted by Gasteiger charge is -2.36. The minimum Gasteiger partial charge on any atom is -0.369 e. The summed E-state index contributed by atoms with van der Waals surface area (Å²) in [4.78, 5) is 25.9.